The zero-order chi connectivity index (χ0) is 14.2. The Morgan fingerprint density at radius 3 is 2.53 bits per heavy atom. The van der Waals surface area contributed by atoms with E-state index in [0.29, 0.717) is 18.9 Å². The quantitative estimate of drug-likeness (QED) is 0.836. The van der Waals surface area contributed by atoms with Crippen LogP contribution in [0.1, 0.15) is 52.9 Å². The van der Waals surface area contributed by atoms with E-state index in [2.05, 4.69) is 20.8 Å². The fourth-order valence-electron chi connectivity index (χ4n) is 4.06. The minimum absolute atomic E-state index is 0.0127. The number of carbonyl (C=O) groups is 2. The second-order valence-corrected chi connectivity index (χ2v) is 7.14. The highest BCUT2D eigenvalue weighted by Gasteiger charge is 2.41. The first-order valence-corrected chi connectivity index (χ1v) is 7.33. The van der Waals surface area contributed by atoms with E-state index in [-0.39, 0.29) is 17.2 Å². The molecule has 108 valence electrons. The van der Waals surface area contributed by atoms with Crippen LogP contribution in [0.25, 0.3) is 0 Å². The molecule has 2 rings (SSSR count). The summed E-state index contributed by atoms with van der Waals surface area (Å²) >= 11 is 0. The molecule has 2 unspecified atom stereocenters. The number of carbonyl (C=O) groups excluding carboxylic acids is 1. The van der Waals surface area contributed by atoms with Crippen LogP contribution in [0.3, 0.4) is 0 Å². The molecule has 1 N–H and O–H groups in total. The van der Waals surface area contributed by atoms with Gasteiger partial charge in [0, 0.05) is 12.5 Å². The van der Waals surface area contributed by atoms with Crippen LogP contribution in [0.15, 0.2) is 0 Å². The third-order valence-corrected chi connectivity index (χ3v) is 4.56. The fourth-order valence-corrected chi connectivity index (χ4v) is 4.06. The lowest BCUT2D eigenvalue weighted by atomic mass is 9.67. The number of likely N-dealkylation sites (tertiary alicyclic amines) is 1. The fraction of sp³-hybridized carbons (Fsp3) is 0.867. The van der Waals surface area contributed by atoms with Crippen LogP contribution in [0.5, 0.6) is 0 Å². The molecule has 4 nitrogen and oxygen atoms in total. The van der Waals surface area contributed by atoms with Gasteiger partial charge in [0.25, 0.3) is 0 Å². The molecule has 0 aromatic carbocycles. The number of hydrogen-bond donors (Lipinski definition) is 1. The Hall–Kier alpha value is -1.06. The summed E-state index contributed by atoms with van der Waals surface area (Å²) in [7, 11) is 0. The lowest BCUT2D eigenvalue weighted by Gasteiger charge is -2.40. The molecule has 1 aliphatic heterocycles. The lowest BCUT2D eigenvalue weighted by Crippen LogP contribution is -2.46. The maximum Gasteiger partial charge on any atom is 0.326 e. The molecule has 0 aromatic heterocycles. The monoisotopic (exact) mass is 267 g/mol. The van der Waals surface area contributed by atoms with Crippen LogP contribution >= 0.6 is 0 Å². The summed E-state index contributed by atoms with van der Waals surface area (Å²) in [5, 5.41) is 9.19. The highest BCUT2D eigenvalue weighted by atomic mass is 16.4. The third kappa shape index (κ3) is 3.10. The lowest BCUT2D eigenvalue weighted by molar-refractivity contribution is -0.151. The Labute approximate surface area is 115 Å². The van der Waals surface area contributed by atoms with Crippen molar-refractivity contribution >= 4 is 11.9 Å². The van der Waals surface area contributed by atoms with Crippen molar-refractivity contribution in [3.05, 3.63) is 0 Å². The Bertz CT molecular complexity index is 378. The molecular weight excluding hydrogens is 242 g/mol. The van der Waals surface area contributed by atoms with Crippen molar-refractivity contribution in [2.24, 2.45) is 17.3 Å². The first-order chi connectivity index (χ1) is 8.80. The van der Waals surface area contributed by atoms with Gasteiger partial charge in [0.05, 0.1) is 0 Å². The summed E-state index contributed by atoms with van der Waals surface area (Å²) in [5.41, 5.74) is 0.191. The standard InChI is InChI=1S/C15H25NO3/c1-10-7-11(9-15(2,3)8-10)13(17)16-6-4-5-12(16)14(18)19/h10-12H,4-9H2,1-3H3,(H,18,19)/t10?,11?,12-/m1/s1. The molecule has 2 fully saturated rings. The van der Waals surface area contributed by atoms with Gasteiger partial charge in [-0.05, 0) is 43.4 Å². The predicted octanol–water partition coefficient (Wildman–Crippen LogP) is 2.52. The van der Waals surface area contributed by atoms with E-state index >= 15 is 0 Å². The van der Waals surface area contributed by atoms with Crippen molar-refractivity contribution < 1.29 is 14.7 Å². The summed E-state index contributed by atoms with van der Waals surface area (Å²) < 4.78 is 0. The highest BCUT2D eigenvalue weighted by molar-refractivity contribution is 5.85. The first-order valence-electron chi connectivity index (χ1n) is 7.33. The molecule has 3 atom stereocenters. The Balaban J connectivity index is 2.08. The van der Waals surface area contributed by atoms with E-state index in [4.69, 9.17) is 0 Å². The molecule has 4 heteroatoms. The summed E-state index contributed by atoms with van der Waals surface area (Å²) in [6.45, 7) is 7.23. The predicted molar refractivity (Wildman–Crippen MR) is 72.7 cm³/mol. The SMILES string of the molecule is CC1CC(C(=O)N2CCC[C@@H]2C(=O)O)CC(C)(C)C1. The average Bonchev–Trinajstić information content (AvgIpc) is 2.73. The highest BCUT2D eigenvalue weighted by Crippen LogP contribution is 2.42. The zero-order valence-corrected chi connectivity index (χ0v) is 12.2. The summed E-state index contributed by atoms with van der Waals surface area (Å²) in [6.07, 6.45) is 4.37. The second kappa shape index (κ2) is 5.14. The molecule has 1 amide bonds. The topological polar surface area (TPSA) is 57.6 Å². The Morgan fingerprint density at radius 2 is 1.95 bits per heavy atom. The molecule has 0 aromatic rings. The maximum absolute atomic E-state index is 12.6. The van der Waals surface area contributed by atoms with Gasteiger partial charge in [0.2, 0.25) is 5.91 Å². The largest absolute Gasteiger partial charge is 0.480 e. The van der Waals surface area contributed by atoms with E-state index in [1.54, 1.807) is 4.90 Å². The molecule has 1 saturated heterocycles. The van der Waals surface area contributed by atoms with Crippen molar-refractivity contribution in [1.82, 2.24) is 4.90 Å². The van der Waals surface area contributed by atoms with Gasteiger partial charge >= 0.3 is 5.97 Å². The average molecular weight is 267 g/mol. The summed E-state index contributed by atoms with van der Waals surface area (Å²) in [6, 6.07) is -0.590. The molecular formula is C15H25NO3. The third-order valence-electron chi connectivity index (χ3n) is 4.56. The van der Waals surface area contributed by atoms with Gasteiger partial charge in [-0.3, -0.25) is 4.79 Å². The van der Waals surface area contributed by atoms with E-state index in [1.807, 2.05) is 0 Å². The van der Waals surface area contributed by atoms with Gasteiger partial charge in [-0.15, -0.1) is 0 Å². The Kier molecular flexibility index (Phi) is 3.88. The van der Waals surface area contributed by atoms with Gasteiger partial charge in [0.1, 0.15) is 6.04 Å². The molecule has 0 spiro atoms. The van der Waals surface area contributed by atoms with Crippen LogP contribution in [0, 0.1) is 17.3 Å². The first kappa shape index (κ1) is 14.4. The van der Waals surface area contributed by atoms with Gasteiger partial charge in [-0.2, -0.15) is 0 Å². The molecule has 0 radical (unpaired) electrons. The molecule has 0 bridgehead atoms. The number of carboxylic acids is 1. The van der Waals surface area contributed by atoms with Gasteiger partial charge in [-0.1, -0.05) is 20.8 Å². The van der Waals surface area contributed by atoms with Crippen molar-refractivity contribution in [2.75, 3.05) is 6.54 Å². The molecule has 2 aliphatic rings. The van der Waals surface area contributed by atoms with Crippen molar-refractivity contribution in [3.63, 3.8) is 0 Å². The van der Waals surface area contributed by atoms with E-state index in [1.165, 1.54) is 0 Å². The molecule has 1 aliphatic carbocycles. The van der Waals surface area contributed by atoms with Crippen LogP contribution in [0.4, 0.5) is 0 Å². The van der Waals surface area contributed by atoms with Crippen molar-refractivity contribution in [1.29, 1.82) is 0 Å². The van der Waals surface area contributed by atoms with Crippen molar-refractivity contribution in [3.8, 4) is 0 Å². The normalized spacial score (nSPS) is 34.3. The van der Waals surface area contributed by atoms with E-state index in [0.717, 1.165) is 25.7 Å². The van der Waals surface area contributed by atoms with Crippen LogP contribution < -0.4 is 0 Å². The maximum atomic E-state index is 12.6. The summed E-state index contributed by atoms with van der Waals surface area (Å²) in [5.74, 6) is -0.222. The minimum Gasteiger partial charge on any atom is -0.480 e. The van der Waals surface area contributed by atoms with E-state index in [9.17, 15) is 14.7 Å². The molecule has 1 heterocycles. The number of rotatable bonds is 2. The van der Waals surface area contributed by atoms with Crippen LogP contribution in [0.2, 0.25) is 0 Å². The number of amides is 1. The van der Waals surface area contributed by atoms with E-state index < -0.39 is 12.0 Å². The number of aliphatic carboxylic acids is 1. The van der Waals surface area contributed by atoms with Crippen LogP contribution in [-0.2, 0) is 9.59 Å². The summed E-state index contributed by atoms with van der Waals surface area (Å²) in [4.78, 5) is 25.4. The van der Waals surface area contributed by atoms with Crippen LogP contribution in [-0.4, -0.2) is 34.5 Å². The molecule has 1 saturated carbocycles. The zero-order valence-electron chi connectivity index (χ0n) is 12.2. The molecule has 19 heavy (non-hydrogen) atoms. The van der Waals surface area contributed by atoms with Crippen molar-refractivity contribution in [2.45, 2.75) is 58.9 Å². The Morgan fingerprint density at radius 1 is 1.26 bits per heavy atom. The van der Waals surface area contributed by atoms with Gasteiger partial charge < -0.3 is 10.0 Å². The number of hydrogen-bond acceptors (Lipinski definition) is 2. The second-order valence-electron chi connectivity index (χ2n) is 7.14. The smallest absolute Gasteiger partial charge is 0.326 e. The van der Waals surface area contributed by atoms with Gasteiger partial charge in [-0.25, -0.2) is 4.79 Å². The number of carboxylic acid groups (broad SMARTS) is 1. The minimum atomic E-state index is -0.853. The number of nitrogens with zero attached hydrogens (tertiary/aromatic N) is 1. The van der Waals surface area contributed by atoms with Gasteiger partial charge in [0.15, 0.2) is 0 Å².